The summed E-state index contributed by atoms with van der Waals surface area (Å²) >= 11 is 6.46. The van der Waals surface area contributed by atoms with E-state index in [-0.39, 0.29) is 23.3 Å². The van der Waals surface area contributed by atoms with Crippen LogP contribution in [0.3, 0.4) is 0 Å². The third-order valence-electron chi connectivity index (χ3n) is 6.13. The highest BCUT2D eigenvalue weighted by molar-refractivity contribution is 6.21. The van der Waals surface area contributed by atoms with Crippen molar-refractivity contribution < 1.29 is 9.53 Å². The van der Waals surface area contributed by atoms with Gasteiger partial charge in [-0.3, -0.25) is 9.69 Å². The Balaban J connectivity index is 1.53. The van der Waals surface area contributed by atoms with Crippen LogP contribution in [0.1, 0.15) is 64.7 Å². The van der Waals surface area contributed by atoms with Gasteiger partial charge < -0.3 is 10.1 Å². The molecule has 3 aliphatic rings. The van der Waals surface area contributed by atoms with E-state index in [1.54, 1.807) is 0 Å². The highest BCUT2D eigenvalue weighted by atomic mass is 35.5. The van der Waals surface area contributed by atoms with E-state index in [0.29, 0.717) is 18.7 Å². The van der Waals surface area contributed by atoms with Crippen molar-refractivity contribution in [2.24, 2.45) is 5.92 Å². The van der Waals surface area contributed by atoms with Gasteiger partial charge in [-0.15, -0.1) is 11.6 Å². The first-order chi connectivity index (χ1) is 11.7. The summed E-state index contributed by atoms with van der Waals surface area (Å²) in [7, 11) is 0. The molecule has 4 nitrogen and oxygen atoms in total. The van der Waals surface area contributed by atoms with Crippen molar-refractivity contribution in [1.29, 1.82) is 0 Å². The van der Waals surface area contributed by atoms with Crippen molar-refractivity contribution in [3.8, 4) is 0 Å². The molecule has 0 radical (unpaired) electrons. The molecule has 1 saturated heterocycles. The van der Waals surface area contributed by atoms with Crippen molar-refractivity contribution in [2.45, 2.75) is 88.3 Å². The molecule has 5 atom stereocenters. The van der Waals surface area contributed by atoms with Gasteiger partial charge in [0.15, 0.2) is 0 Å². The quantitative estimate of drug-likeness (QED) is 0.768. The van der Waals surface area contributed by atoms with Gasteiger partial charge in [-0.1, -0.05) is 12.8 Å². The van der Waals surface area contributed by atoms with Gasteiger partial charge in [0.05, 0.1) is 11.5 Å². The van der Waals surface area contributed by atoms with Gasteiger partial charge in [-0.2, -0.15) is 0 Å². The molecule has 1 N–H and O–H groups in total. The highest BCUT2D eigenvalue weighted by Gasteiger charge is 2.37. The Bertz CT molecular complexity index is 414. The maximum absolute atomic E-state index is 12.8. The number of carbonyl (C=O) groups is 1. The second-order valence-corrected chi connectivity index (χ2v) is 8.29. The molecule has 0 aromatic rings. The Morgan fingerprint density at radius 1 is 1.12 bits per heavy atom. The van der Waals surface area contributed by atoms with E-state index in [1.807, 2.05) is 6.92 Å². The number of alkyl halides is 1. The van der Waals surface area contributed by atoms with Crippen molar-refractivity contribution >= 4 is 17.5 Å². The lowest BCUT2D eigenvalue weighted by atomic mass is 9.84. The number of nitrogens with one attached hydrogen (secondary N) is 1. The molecule has 138 valence electrons. The normalized spacial score (nSPS) is 38.2. The molecule has 0 aromatic carbocycles. The zero-order chi connectivity index (χ0) is 16.9. The number of likely N-dealkylation sites (tertiary alicyclic amines) is 1. The number of halogens is 1. The average molecular weight is 357 g/mol. The monoisotopic (exact) mass is 356 g/mol. The summed E-state index contributed by atoms with van der Waals surface area (Å²) in [5.41, 5.74) is 0. The maximum Gasteiger partial charge on any atom is 0.223 e. The molecule has 2 aliphatic carbocycles. The smallest absolute Gasteiger partial charge is 0.223 e. The molecule has 2 saturated carbocycles. The summed E-state index contributed by atoms with van der Waals surface area (Å²) in [5.74, 6) is 0.289. The van der Waals surface area contributed by atoms with Crippen LogP contribution in [0.25, 0.3) is 0 Å². The largest absolute Gasteiger partial charge is 0.377 e. The minimum atomic E-state index is -0.0322. The highest BCUT2D eigenvalue weighted by Crippen LogP contribution is 2.32. The molecular formula is C19H33ClN2O2. The molecule has 5 heteroatoms. The van der Waals surface area contributed by atoms with Crippen molar-refractivity contribution in [3.05, 3.63) is 0 Å². The predicted molar refractivity (Wildman–Crippen MR) is 97.4 cm³/mol. The van der Waals surface area contributed by atoms with Gasteiger partial charge in [-0.25, -0.2) is 0 Å². The Morgan fingerprint density at radius 2 is 1.88 bits per heavy atom. The first kappa shape index (κ1) is 18.5. The van der Waals surface area contributed by atoms with Crippen LogP contribution in [0.2, 0.25) is 0 Å². The fourth-order valence-electron chi connectivity index (χ4n) is 4.82. The van der Waals surface area contributed by atoms with E-state index in [4.69, 9.17) is 16.3 Å². The fourth-order valence-corrected chi connectivity index (χ4v) is 5.23. The molecule has 3 fully saturated rings. The molecule has 0 aromatic heterocycles. The summed E-state index contributed by atoms with van der Waals surface area (Å²) in [4.78, 5) is 15.4. The van der Waals surface area contributed by atoms with E-state index < -0.39 is 0 Å². The second kappa shape index (κ2) is 8.86. The molecule has 5 unspecified atom stereocenters. The van der Waals surface area contributed by atoms with Gasteiger partial charge in [0.25, 0.3) is 0 Å². The van der Waals surface area contributed by atoms with Crippen LogP contribution in [0.5, 0.6) is 0 Å². The zero-order valence-corrected chi connectivity index (χ0v) is 15.8. The van der Waals surface area contributed by atoms with E-state index >= 15 is 0 Å². The number of hydrogen-bond donors (Lipinski definition) is 1. The number of hydrogen-bond acceptors (Lipinski definition) is 3. The molecule has 24 heavy (non-hydrogen) atoms. The topological polar surface area (TPSA) is 41.6 Å². The van der Waals surface area contributed by atoms with Crippen molar-refractivity contribution in [1.82, 2.24) is 10.2 Å². The summed E-state index contributed by atoms with van der Waals surface area (Å²) in [5, 5.41) is 3.37. The van der Waals surface area contributed by atoms with Gasteiger partial charge in [0.2, 0.25) is 5.91 Å². The van der Waals surface area contributed by atoms with Crippen molar-refractivity contribution in [3.63, 3.8) is 0 Å². The van der Waals surface area contributed by atoms with Crippen LogP contribution in [-0.4, -0.2) is 54.1 Å². The Kier molecular flexibility index (Phi) is 6.82. The van der Waals surface area contributed by atoms with Crippen LogP contribution >= 0.6 is 11.6 Å². The molecule has 0 bridgehead atoms. The average Bonchev–Trinajstić information content (AvgIpc) is 3.11. The lowest BCUT2D eigenvalue weighted by molar-refractivity contribution is -0.128. The standard InChI is InChI=1S/C19H33ClN2O2/c1-2-24-18-10-9-14(13-15(18)20)19(23)21-16-7-3-4-8-17(16)22-11-5-6-12-22/h14-18H,2-13H2,1H3,(H,21,23). The van der Waals surface area contributed by atoms with Gasteiger partial charge in [0.1, 0.15) is 0 Å². The molecule has 1 amide bonds. The Hall–Kier alpha value is -0.320. The third kappa shape index (κ3) is 4.44. The van der Waals surface area contributed by atoms with Gasteiger partial charge in [0, 0.05) is 24.6 Å². The van der Waals surface area contributed by atoms with Crippen LogP contribution in [0.4, 0.5) is 0 Å². The van der Waals surface area contributed by atoms with E-state index in [0.717, 1.165) is 25.7 Å². The summed E-state index contributed by atoms with van der Waals surface area (Å²) in [6, 6.07) is 0.888. The first-order valence-electron chi connectivity index (χ1n) is 9.99. The lowest BCUT2D eigenvalue weighted by Gasteiger charge is -2.39. The van der Waals surface area contributed by atoms with Crippen LogP contribution in [0.15, 0.2) is 0 Å². The first-order valence-corrected chi connectivity index (χ1v) is 10.4. The number of amides is 1. The molecular weight excluding hydrogens is 324 g/mol. The van der Waals surface area contributed by atoms with Gasteiger partial charge in [-0.05, 0) is 65.0 Å². The summed E-state index contributed by atoms with van der Waals surface area (Å²) in [6.45, 7) is 5.12. The minimum absolute atomic E-state index is 0.0322. The number of nitrogens with zero attached hydrogens (tertiary/aromatic N) is 1. The number of ether oxygens (including phenoxy) is 1. The molecule has 1 heterocycles. The van der Waals surface area contributed by atoms with Gasteiger partial charge >= 0.3 is 0 Å². The Morgan fingerprint density at radius 3 is 2.58 bits per heavy atom. The maximum atomic E-state index is 12.8. The second-order valence-electron chi connectivity index (χ2n) is 7.73. The number of rotatable bonds is 5. The lowest BCUT2D eigenvalue weighted by Crippen LogP contribution is -2.54. The summed E-state index contributed by atoms with van der Waals surface area (Å²) < 4.78 is 5.69. The van der Waals surface area contributed by atoms with E-state index in [1.165, 1.54) is 45.2 Å². The fraction of sp³-hybridized carbons (Fsp3) is 0.947. The van der Waals surface area contributed by atoms with Crippen molar-refractivity contribution in [2.75, 3.05) is 19.7 Å². The Labute approximate surface area is 151 Å². The van der Waals surface area contributed by atoms with Crippen LogP contribution in [0, 0.1) is 5.92 Å². The molecule has 3 rings (SSSR count). The predicted octanol–water partition coefficient (Wildman–Crippen LogP) is 3.32. The molecule has 1 aliphatic heterocycles. The summed E-state index contributed by atoms with van der Waals surface area (Å²) in [6.07, 6.45) is 10.2. The zero-order valence-electron chi connectivity index (χ0n) is 15.0. The third-order valence-corrected chi connectivity index (χ3v) is 6.59. The SMILES string of the molecule is CCOC1CCC(C(=O)NC2CCCCC2N2CCCC2)CC1Cl. The molecule has 0 spiro atoms. The van der Waals surface area contributed by atoms with E-state index in [9.17, 15) is 4.79 Å². The van der Waals surface area contributed by atoms with Crippen LogP contribution < -0.4 is 5.32 Å². The van der Waals surface area contributed by atoms with E-state index in [2.05, 4.69) is 10.2 Å². The minimum Gasteiger partial charge on any atom is -0.377 e. The number of carbonyl (C=O) groups excluding carboxylic acids is 1. The van der Waals surface area contributed by atoms with Crippen LogP contribution in [-0.2, 0) is 9.53 Å².